The third-order valence-electron chi connectivity index (χ3n) is 2.28. The average Bonchev–Trinajstić information content (AvgIpc) is 2.28. The predicted molar refractivity (Wildman–Crippen MR) is 79.9 cm³/mol. The van der Waals surface area contributed by atoms with Crippen LogP contribution in [0.1, 0.15) is 32.8 Å². The Hall–Kier alpha value is -1.54. The summed E-state index contributed by atoms with van der Waals surface area (Å²) in [6.07, 6.45) is 0.373. The maximum Gasteiger partial charge on any atom is 0.222 e. The van der Waals surface area contributed by atoms with Crippen LogP contribution in [0.15, 0.2) is 22.7 Å². The summed E-state index contributed by atoms with van der Waals surface area (Å²) in [5.41, 5.74) is 1.09. The van der Waals surface area contributed by atoms with Gasteiger partial charge in [0, 0.05) is 23.0 Å². The molecule has 0 fully saturated rings. The first-order chi connectivity index (χ1) is 8.81. The number of rotatable bonds is 4. The molecule has 1 amide bonds. The Morgan fingerprint density at radius 1 is 1.42 bits per heavy atom. The average molecular weight is 324 g/mol. The van der Waals surface area contributed by atoms with Gasteiger partial charge in [0.15, 0.2) is 0 Å². The van der Waals surface area contributed by atoms with Crippen LogP contribution >= 0.6 is 15.9 Å². The minimum Gasteiger partial charge on any atom is -0.383 e. The Bertz CT molecular complexity index is 500. The summed E-state index contributed by atoms with van der Waals surface area (Å²) in [6, 6.07) is 7.55. The molecule has 0 aliphatic carbocycles. The van der Waals surface area contributed by atoms with Crippen molar-refractivity contribution in [3.05, 3.63) is 28.2 Å². The quantitative estimate of drug-likeness (QED) is 0.895. The number of nitrogens with one attached hydrogen (secondary N) is 2. The fourth-order valence-corrected chi connectivity index (χ4v) is 1.92. The lowest BCUT2D eigenvalue weighted by Gasteiger charge is -2.20. The molecule has 4 nitrogen and oxygen atoms in total. The lowest BCUT2D eigenvalue weighted by molar-refractivity contribution is -0.122. The van der Waals surface area contributed by atoms with Crippen LogP contribution in [0.5, 0.6) is 0 Å². The highest BCUT2D eigenvalue weighted by atomic mass is 79.9. The van der Waals surface area contributed by atoms with E-state index in [4.69, 9.17) is 5.26 Å². The fourth-order valence-electron chi connectivity index (χ4n) is 1.55. The Morgan fingerprint density at radius 3 is 2.68 bits per heavy atom. The number of carbonyl (C=O) groups is 1. The van der Waals surface area contributed by atoms with E-state index in [0.29, 0.717) is 18.5 Å². The van der Waals surface area contributed by atoms with Crippen molar-refractivity contribution in [3.8, 4) is 6.07 Å². The summed E-state index contributed by atoms with van der Waals surface area (Å²) in [7, 11) is 0. The van der Waals surface area contributed by atoms with Crippen LogP contribution in [0.4, 0.5) is 5.69 Å². The van der Waals surface area contributed by atoms with Crippen LogP contribution in [0.3, 0.4) is 0 Å². The van der Waals surface area contributed by atoms with Gasteiger partial charge in [0.1, 0.15) is 6.07 Å². The maximum absolute atomic E-state index is 11.6. The van der Waals surface area contributed by atoms with E-state index in [2.05, 4.69) is 32.6 Å². The van der Waals surface area contributed by atoms with Gasteiger partial charge in [0.2, 0.25) is 5.91 Å². The van der Waals surface area contributed by atoms with Crippen LogP contribution in [-0.4, -0.2) is 18.0 Å². The highest BCUT2D eigenvalue weighted by Gasteiger charge is 2.13. The molecule has 1 aromatic carbocycles. The maximum atomic E-state index is 11.6. The number of hydrogen-bond acceptors (Lipinski definition) is 3. The van der Waals surface area contributed by atoms with Gasteiger partial charge in [0.25, 0.3) is 0 Å². The molecule has 1 rings (SSSR count). The summed E-state index contributed by atoms with van der Waals surface area (Å²) >= 11 is 3.32. The molecule has 19 heavy (non-hydrogen) atoms. The Labute approximate surface area is 122 Å². The van der Waals surface area contributed by atoms with E-state index in [-0.39, 0.29) is 11.4 Å². The third-order valence-corrected chi connectivity index (χ3v) is 2.78. The fraction of sp³-hybridized carbons (Fsp3) is 0.429. The number of nitrogens with zero attached hydrogens (tertiary/aromatic N) is 1. The van der Waals surface area contributed by atoms with Crippen LogP contribution in [0.25, 0.3) is 0 Å². The molecule has 0 saturated heterocycles. The number of halogens is 1. The predicted octanol–water partition coefficient (Wildman–Crippen LogP) is 3.04. The molecule has 0 aliphatic heterocycles. The van der Waals surface area contributed by atoms with Crippen molar-refractivity contribution in [3.63, 3.8) is 0 Å². The van der Waals surface area contributed by atoms with Gasteiger partial charge in [-0.1, -0.05) is 15.9 Å². The minimum absolute atomic E-state index is 0.00406. The number of anilines is 1. The van der Waals surface area contributed by atoms with E-state index in [9.17, 15) is 4.79 Å². The van der Waals surface area contributed by atoms with E-state index in [1.54, 1.807) is 6.07 Å². The molecule has 0 aliphatic rings. The highest BCUT2D eigenvalue weighted by Crippen LogP contribution is 2.20. The van der Waals surface area contributed by atoms with Gasteiger partial charge >= 0.3 is 0 Å². The molecule has 2 N–H and O–H groups in total. The van der Waals surface area contributed by atoms with Crippen LogP contribution in [-0.2, 0) is 4.79 Å². The topological polar surface area (TPSA) is 64.9 Å². The molecule has 0 aromatic heterocycles. The van der Waals surface area contributed by atoms with Crippen LogP contribution in [0.2, 0.25) is 0 Å². The number of nitriles is 1. The normalized spacial score (nSPS) is 10.7. The monoisotopic (exact) mass is 323 g/mol. The summed E-state index contributed by atoms with van der Waals surface area (Å²) < 4.78 is 0.861. The van der Waals surface area contributed by atoms with Crippen molar-refractivity contribution in [1.82, 2.24) is 5.32 Å². The minimum atomic E-state index is -0.216. The molecule has 0 atom stereocenters. The van der Waals surface area contributed by atoms with E-state index in [0.717, 1.165) is 10.2 Å². The van der Waals surface area contributed by atoms with Gasteiger partial charge in [0.05, 0.1) is 11.3 Å². The smallest absolute Gasteiger partial charge is 0.222 e. The molecule has 5 heteroatoms. The molecule has 102 valence electrons. The second-order valence-corrected chi connectivity index (χ2v) is 6.19. The van der Waals surface area contributed by atoms with Gasteiger partial charge in [-0.25, -0.2) is 0 Å². The van der Waals surface area contributed by atoms with Gasteiger partial charge in [-0.05, 0) is 39.0 Å². The zero-order valence-corrected chi connectivity index (χ0v) is 13.0. The van der Waals surface area contributed by atoms with Gasteiger partial charge in [-0.15, -0.1) is 0 Å². The Balaban J connectivity index is 2.50. The van der Waals surface area contributed by atoms with E-state index < -0.39 is 0 Å². The van der Waals surface area contributed by atoms with Crippen molar-refractivity contribution in [2.45, 2.75) is 32.7 Å². The SMILES string of the molecule is CC(C)(C)NC(=O)CCNc1ccc(Br)cc1C#N. The molecule has 0 saturated carbocycles. The second kappa shape index (κ2) is 6.58. The molecule has 0 heterocycles. The molecule has 0 unspecified atom stereocenters. The number of amides is 1. The van der Waals surface area contributed by atoms with Crippen LogP contribution < -0.4 is 10.6 Å². The van der Waals surface area contributed by atoms with Gasteiger partial charge in [-0.2, -0.15) is 5.26 Å². The first-order valence-electron chi connectivity index (χ1n) is 6.06. The summed E-state index contributed by atoms with van der Waals surface area (Å²) in [4.78, 5) is 11.6. The zero-order valence-electron chi connectivity index (χ0n) is 11.4. The largest absolute Gasteiger partial charge is 0.383 e. The molecule has 0 radical (unpaired) electrons. The summed E-state index contributed by atoms with van der Waals surface area (Å²) in [5.74, 6) is -0.00406. The first kappa shape index (κ1) is 15.5. The van der Waals surface area contributed by atoms with Crippen molar-refractivity contribution in [2.75, 3.05) is 11.9 Å². The van der Waals surface area contributed by atoms with Crippen molar-refractivity contribution < 1.29 is 4.79 Å². The van der Waals surface area contributed by atoms with Crippen molar-refractivity contribution in [1.29, 1.82) is 5.26 Å². The molecular weight excluding hydrogens is 306 g/mol. The first-order valence-corrected chi connectivity index (χ1v) is 6.85. The second-order valence-electron chi connectivity index (χ2n) is 5.28. The van der Waals surface area contributed by atoms with Gasteiger partial charge < -0.3 is 10.6 Å². The summed E-state index contributed by atoms with van der Waals surface area (Å²) in [5, 5.41) is 15.0. The molecule has 0 bridgehead atoms. The van der Waals surface area contributed by atoms with Crippen LogP contribution in [0, 0.1) is 11.3 Å². The standard InChI is InChI=1S/C14H18BrN3O/c1-14(2,3)18-13(19)6-7-17-12-5-4-11(15)8-10(12)9-16/h4-5,8,17H,6-7H2,1-3H3,(H,18,19). The highest BCUT2D eigenvalue weighted by molar-refractivity contribution is 9.10. The third kappa shape index (κ3) is 5.75. The number of hydrogen-bond donors (Lipinski definition) is 2. The van der Waals surface area contributed by atoms with Crippen molar-refractivity contribution >= 4 is 27.5 Å². The zero-order chi connectivity index (χ0) is 14.5. The molecule has 1 aromatic rings. The van der Waals surface area contributed by atoms with Gasteiger partial charge in [-0.3, -0.25) is 4.79 Å². The summed E-state index contributed by atoms with van der Waals surface area (Å²) in [6.45, 7) is 6.33. The Morgan fingerprint density at radius 2 is 2.11 bits per heavy atom. The van der Waals surface area contributed by atoms with E-state index >= 15 is 0 Å². The number of benzene rings is 1. The Kier molecular flexibility index (Phi) is 5.37. The number of carbonyl (C=O) groups excluding carboxylic acids is 1. The van der Waals surface area contributed by atoms with E-state index in [1.807, 2.05) is 32.9 Å². The molecular formula is C14H18BrN3O. The lowest BCUT2D eigenvalue weighted by Crippen LogP contribution is -2.41. The lowest BCUT2D eigenvalue weighted by atomic mass is 10.1. The molecule has 0 spiro atoms. The van der Waals surface area contributed by atoms with E-state index in [1.165, 1.54) is 0 Å². The van der Waals surface area contributed by atoms with Crippen molar-refractivity contribution in [2.24, 2.45) is 0 Å².